The molecule has 0 saturated carbocycles. The van der Waals surface area contributed by atoms with Crippen molar-refractivity contribution < 1.29 is 26.3 Å². The van der Waals surface area contributed by atoms with Crippen molar-refractivity contribution in [3.05, 3.63) is 65.0 Å². The zero-order chi connectivity index (χ0) is 18.8. The van der Waals surface area contributed by atoms with Crippen LogP contribution in [0.5, 0.6) is 11.5 Å². The lowest BCUT2D eigenvalue weighted by Crippen LogP contribution is -2.16. The number of aromatic nitrogens is 1. The molecule has 0 aliphatic rings. The van der Waals surface area contributed by atoms with Gasteiger partial charge in [0.15, 0.2) is 11.6 Å². The van der Waals surface area contributed by atoms with Crippen molar-refractivity contribution >= 4 is 27.2 Å². The molecular formula is C16H11F3N2O3S2. The fourth-order valence-corrected chi connectivity index (χ4v) is 3.83. The third kappa shape index (κ3) is 3.97. The highest BCUT2D eigenvalue weighted by molar-refractivity contribution is 7.92. The largest absolute Gasteiger partial charge is 0.455 e. The summed E-state index contributed by atoms with van der Waals surface area (Å²) in [6.45, 7) is 0. The fraction of sp³-hybridized carbons (Fsp3) is 0.0625. The lowest BCUT2D eigenvalue weighted by Gasteiger charge is -2.17. The zero-order valence-electron chi connectivity index (χ0n) is 12.9. The van der Waals surface area contributed by atoms with Gasteiger partial charge in [0.1, 0.15) is 10.6 Å². The summed E-state index contributed by atoms with van der Waals surface area (Å²) >= 11 is 1.14. The number of para-hydroxylation sites is 2. The lowest BCUT2D eigenvalue weighted by molar-refractivity contribution is -0.138. The molecule has 1 aromatic heterocycles. The molecule has 0 atom stereocenters. The molecule has 1 heterocycles. The highest BCUT2D eigenvalue weighted by atomic mass is 32.2. The zero-order valence-corrected chi connectivity index (χ0v) is 14.5. The van der Waals surface area contributed by atoms with Gasteiger partial charge in [-0.05, 0) is 24.3 Å². The Bertz CT molecular complexity index is 989. The summed E-state index contributed by atoms with van der Waals surface area (Å²) < 4.78 is 72.8. The monoisotopic (exact) mass is 400 g/mol. The Balaban J connectivity index is 2.12. The topological polar surface area (TPSA) is 68.3 Å². The number of alkyl halides is 3. The number of sulfonamides is 1. The summed E-state index contributed by atoms with van der Waals surface area (Å²) in [6, 6.07) is 10.5. The van der Waals surface area contributed by atoms with E-state index in [9.17, 15) is 21.6 Å². The molecule has 0 fully saturated rings. The van der Waals surface area contributed by atoms with E-state index in [1.165, 1.54) is 23.0 Å². The van der Waals surface area contributed by atoms with Gasteiger partial charge in [0.2, 0.25) is 0 Å². The van der Waals surface area contributed by atoms with Crippen LogP contribution in [0.15, 0.2) is 64.3 Å². The van der Waals surface area contributed by atoms with Crippen LogP contribution in [-0.4, -0.2) is 13.4 Å². The van der Waals surface area contributed by atoms with Gasteiger partial charge in [-0.25, -0.2) is 13.4 Å². The first-order chi connectivity index (χ1) is 12.3. The molecule has 10 heteroatoms. The van der Waals surface area contributed by atoms with Crippen LogP contribution in [-0.2, 0) is 16.2 Å². The number of ether oxygens (including phenoxy) is 1. The van der Waals surface area contributed by atoms with Crippen molar-refractivity contribution in [2.45, 2.75) is 11.1 Å². The van der Waals surface area contributed by atoms with E-state index in [-0.39, 0.29) is 11.6 Å². The average Bonchev–Trinajstić information content (AvgIpc) is 3.07. The van der Waals surface area contributed by atoms with E-state index in [0.717, 1.165) is 29.5 Å². The minimum absolute atomic E-state index is 0.0121. The highest BCUT2D eigenvalue weighted by Gasteiger charge is 2.38. The van der Waals surface area contributed by atoms with Crippen LogP contribution in [0.4, 0.5) is 19.0 Å². The smallest absolute Gasteiger partial charge is 0.420 e. The molecule has 0 spiro atoms. The molecule has 0 aliphatic carbocycles. The second-order valence-corrected chi connectivity index (χ2v) is 7.39. The van der Waals surface area contributed by atoms with Gasteiger partial charge < -0.3 is 4.74 Å². The second kappa shape index (κ2) is 6.96. The number of anilines is 1. The van der Waals surface area contributed by atoms with Gasteiger partial charge in [0, 0.05) is 5.38 Å². The Morgan fingerprint density at radius 1 is 1.04 bits per heavy atom. The number of nitrogens with one attached hydrogen (secondary N) is 1. The highest BCUT2D eigenvalue weighted by Crippen LogP contribution is 2.42. The van der Waals surface area contributed by atoms with Gasteiger partial charge in [0.05, 0.1) is 11.1 Å². The van der Waals surface area contributed by atoms with Crippen molar-refractivity contribution in [3.63, 3.8) is 0 Å². The quantitative estimate of drug-likeness (QED) is 0.671. The van der Waals surface area contributed by atoms with Crippen LogP contribution in [0.2, 0.25) is 0 Å². The predicted molar refractivity (Wildman–Crippen MR) is 90.9 cm³/mol. The summed E-state index contributed by atoms with van der Waals surface area (Å²) in [5.41, 5.74) is 0.202. The number of nitrogens with zero attached hydrogens (tertiary/aromatic N) is 1. The molecule has 3 aromatic rings. The molecule has 5 nitrogen and oxygen atoms in total. The van der Waals surface area contributed by atoms with Crippen LogP contribution in [0.3, 0.4) is 0 Å². The first-order valence-electron chi connectivity index (χ1n) is 7.11. The van der Waals surface area contributed by atoms with Crippen molar-refractivity contribution in [2.75, 3.05) is 4.72 Å². The van der Waals surface area contributed by atoms with Crippen molar-refractivity contribution in [1.29, 1.82) is 0 Å². The molecular weight excluding hydrogens is 389 g/mol. The summed E-state index contributed by atoms with van der Waals surface area (Å²) in [5, 5.41) is 1.42. The third-order valence-electron chi connectivity index (χ3n) is 3.21. The lowest BCUT2D eigenvalue weighted by atomic mass is 10.2. The van der Waals surface area contributed by atoms with E-state index in [4.69, 9.17) is 4.74 Å². The van der Waals surface area contributed by atoms with Crippen molar-refractivity contribution in [3.8, 4) is 11.5 Å². The molecule has 136 valence electrons. The van der Waals surface area contributed by atoms with Gasteiger partial charge in [-0.2, -0.15) is 13.2 Å². The van der Waals surface area contributed by atoms with Crippen LogP contribution in [0.25, 0.3) is 0 Å². The first kappa shape index (κ1) is 18.2. The summed E-state index contributed by atoms with van der Waals surface area (Å²) in [7, 11) is -4.35. The maximum absolute atomic E-state index is 13.4. The molecule has 1 N–H and O–H groups in total. The van der Waals surface area contributed by atoms with Gasteiger partial charge in [-0.1, -0.05) is 24.3 Å². The van der Waals surface area contributed by atoms with Crippen LogP contribution >= 0.6 is 11.3 Å². The summed E-state index contributed by atoms with van der Waals surface area (Å²) in [6.07, 6.45) is -4.80. The van der Waals surface area contributed by atoms with Crippen molar-refractivity contribution in [2.24, 2.45) is 0 Å². The molecule has 0 aliphatic heterocycles. The van der Waals surface area contributed by atoms with E-state index < -0.39 is 32.4 Å². The maximum atomic E-state index is 13.4. The Morgan fingerprint density at radius 2 is 1.77 bits per heavy atom. The van der Waals surface area contributed by atoms with Crippen molar-refractivity contribution in [1.82, 2.24) is 4.98 Å². The van der Waals surface area contributed by atoms with Gasteiger partial charge in [0.25, 0.3) is 10.0 Å². The minimum Gasteiger partial charge on any atom is -0.455 e. The molecule has 0 saturated heterocycles. The Labute approximate surface area is 151 Å². The number of thiazole rings is 1. The summed E-state index contributed by atoms with van der Waals surface area (Å²) in [5.74, 6) is -0.707. The second-order valence-electron chi connectivity index (χ2n) is 5.02. The number of benzene rings is 2. The fourth-order valence-electron chi connectivity index (χ4n) is 2.12. The van der Waals surface area contributed by atoms with E-state index in [1.54, 1.807) is 18.2 Å². The molecule has 3 rings (SSSR count). The SMILES string of the molecule is O=S(=O)(Nc1cscn1)c1cccc(C(F)(F)F)c1Oc1ccccc1. The Hall–Kier alpha value is -2.59. The number of hydrogen-bond donors (Lipinski definition) is 1. The molecule has 0 amide bonds. The van der Waals surface area contributed by atoms with Crippen LogP contribution < -0.4 is 9.46 Å². The third-order valence-corrected chi connectivity index (χ3v) is 5.17. The predicted octanol–water partition coefficient (Wildman–Crippen LogP) is 4.76. The Kier molecular flexibility index (Phi) is 4.88. The normalized spacial score (nSPS) is 12.0. The maximum Gasteiger partial charge on any atom is 0.420 e. The van der Waals surface area contributed by atoms with E-state index in [1.807, 2.05) is 0 Å². The molecule has 0 radical (unpaired) electrons. The average molecular weight is 400 g/mol. The number of halogens is 3. The van der Waals surface area contributed by atoms with Crippen LogP contribution in [0.1, 0.15) is 5.56 Å². The molecule has 0 bridgehead atoms. The Morgan fingerprint density at radius 3 is 2.38 bits per heavy atom. The van der Waals surface area contributed by atoms with E-state index in [0.29, 0.717) is 0 Å². The molecule has 0 unspecified atom stereocenters. The van der Waals surface area contributed by atoms with Gasteiger partial charge >= 0.3 is 6.18 Å². The standard InChI is InChI=1S/C16H11F3N2O3S2/c17-16(18,19)12-7-4-8-13(15(12)24-11-5-2-1-3-6-11)26(22,23)21-14-9-25-10-20-14/h1-10,21H. The number of hydrogen-bond acceptors (Lipinski definition) is 5. The first-order valence-corrected chi connectivity index (χ1v) is 9.54. The number of rotatable bonds is 5. The van der Waals surface area contributed by atoms with E-state index in [2.05, 4.69) is 9.71 Å². The summed E-state index contributed by atoms with van der Waals surface area (Å²) in [4.78, 5) is 3.14. The van der Waals surface area contributed by atoms with E-state index >= 15 is 0 Å². The van der Waals surface area contributed by atoms with Gasteiger partial charge in [-0.15, -0.1) is 11.3 Å². The molecule has 2 aromatic carbocycles. The minimum atomic E-state index is -4.80. The van der Waals surface area contributed by atoms with Crippen LogP contribution in [0, 0.1) is 0 Å². The molecule has 26 heavy (non-hydrogen) atoms. The van der Waals surface area contributed by atoms with Gasteiger partial charge in [-0.3, -0.25) is 4.72 Å².